The van der Waals surface area contributed by atoms with Gasteiger partial charge in [0.2, 0.25) is 0 Å². The van der Waals surface area contributed by atoms with Crippen molar-refractivity contribution in [1.29, 1.82) is 0 Å². The van der Waals surface area contributed by atoms with Crippen LogP contribution in [0.2, 0.25) is 0 Å². The number of hydrogen-bond acceptors (Lipinski definition) is 4. The van der Waals surface area contributed by atoms with Crippen molar-refractivity contribution in [1.82, 2.24) is 0 Å². The lowest BCUT2D eigenvalue weighted by Crippen LogP contribution is -2.14. The van der Waals surface area contributed by atoms with Gasteiger partial charge in [0.1, 0.15) is 5.75 Å². The summed E-state index contributed by atoms with van der Waals surface area (Å²) < 4.78 is 33.4. The third kappa shape index (κ3) is 3.27. The standard InChI is InChI=1S/C17H20N2O3S/c1-3-22-17-7-5-4-6-16(17)19-23(20,21)14-8-9-15-13(11-14)10-12(2)18-15/h4-9,11-12,18-19H,3,10H2,1-2H3. The SMILES string of the molecule is CCOc1ccccc1NS(=O)(=O)c1ccc2c(c1)CC(C)N2. The van der Waals surface area contributed by atoms with Gasteiger partial charge >= 0.3 is 0 Å². The van der Waals surface area contributed by atoms with Crippen molar-refractivity contribution >= 4 is 21.4 Å². The van der Waals surface area contributed by atoms with Gasteiger partial charge in [-0.15, -0.1) is 0 Å². The Morgan fingerprint density at radius 1 is 1.26 bits per heavy atom. The van der Waals surface area contributed by atoms with Crippen LogP contribution in [0.25, 0.3) is 0 Å². The number of sulfonamides is 1. The van der Waals surface area contributed by atoms with E-state index in [9.17, 15) is 8.42 Å². The number of benzene rings is 2. The molecule has 1 aliphatic rings. The monoisotopic (exact) mass is 332 g/mol. The van der Waals surface area contributed by atoms with Crippen LogP contribution in [-0.2, 0) is 16.4 Å². The van der Waals surface area contributed by atoms with E-state index in [-0.39, 0.29) is 4.90 Å². The molecule has 0 saturated heterocycles. The molecule has 0 fully saturated rings. The third-order valence-electron chi connectivity index (χ3n) is 3.75. The molecule has 2 aromatic carbocycles. The first-order valence-corrected chi connectivity index (χ1v) is 9.12. The van der Waals surface area contributed by atoms with E-state index in [0.717, 1.165) is 17.7 Å². The molecule has 1 unspecified atom stereocenters. The molecule has 0 aliphatic carbocycles. The maximum Gasteiger partial charge on any atom is 0.262 e. The summed E-state index contributed by atoms with van der Waals surface area (Å²) >= 11 is 0. The van der Waals surface area contributed by atoms with Gasteiger partial charge in [-0.2, -0.15) is 0 Å². The van der Waals surface area contributed by atoms with E-state index in [0.29, 0.717) is 24.1 Å². The van der Waals surface area contributed by atoms with E-state index in [1.165, 1.54) is 0 Å². The normalized spacial score (nSPS) is 16.5. The lowest BCUT2D eigenvalue weighted by atomic mass is 10.1. The highest BCUT2D eigenvalue weighted by atomic mass is 32.2. The average Bonchev–Trinajstić information content (AvgIpc) is 2.88. The van der Waals surface area contributed by atoms with Gasteiger partial charge in [-0.05, 0) is 56.2 Å². The molecule has 5 nitrogen and oxygen atoms in total. The molecule has 0 saturated carbocycles. The second-order valence-electron chi connectivity index (χ2n) is 5.60. The number of ether oxygens (including phenoxy) is 1. The van der Waals surface area contributed by atoms with Crippen LogP contribution in [0.5, 0.6) is 5.75 Å². The second-order valence-corrected chi connectivity index (χ2v) is 7.29. The Kier molecular flexibility index (Phi) is 4.17. The first kappa shape index (κ1) is 15.7. The zero-order valence-electron chi connectivity index (χ0n) is 13.2. The molecule has 1 atom stereocenters. The molecular formula is C17H20N2O3S. The van der Waals surface area contributed by atoms with Crippen molar-refractivity contribution in [3.63, 3.8) is 0 Å². The topological polar surface area (TPSA) is 67.4 Å². The number of nitrogens with one attached hydrogen (secondary N) is 2. The van der Waals surface area contributed by atoms with Crippen molar-refractivity contribution in [2.24, 2.45) is 0 Å². The first-order valence-electron chi connectivity index (χ1n) is 7.63. The largest absolute Gasteiger partial charge is 0.492 e. The number of rotatable bonds is 5. The van der Waals surface area contributed by atoms with Gasteiger partial charge in [0.15, 0.2) is 0 Å². The molecule has 0 aromatic heterocycles. The summed E-state index contributed by atoms with van der Waals surface area (Å²) in [7, 11) is -3.65. The zero-order chi connectivity index (χ0) is 16.4. The minimum absolute atomic E-state index is 0.262. The van der Waals surface area contributed by atoms with E-state index >= 15 is 0 Å². The van der Waals surface area contributed by atoms with E-state index in [1.54, 1.807) is 30.3 Å². The predicted octanol–water partition coefficient (Wildman–Crippen LogP) is 3.24. The van der Waals surface area contributed by atoms with Gasteiger partial charge in [-0.25, -0.2) is 8.42 Å². The number of anilines is 2. The van der Waals surface area contributed by atoms with Gasteiger partial charge in [-0.1, -0.05) is 12.1 Å². The van der Waals surface area contributed by atoms with Gasteiger partial charge in [0, 0.05) is 11.7 Å². The van der Waals surface area contributed by atoms with Crippen molar-refractivity contribution in [3.8, 4) is 5.75 Å². The van der Waals surface area contributed by atoms with Gasteiger partial charge in [-0.3, -0.25) is 4.72 Å². The Morgan fingerprint density at radius 2 is 2.04 bits per heavy atom. The molecule has 1 heterocycles. The molecule has 3 rings (SSSR count). The molecule has 122 valence electrons. The van der Waals surface area contributed by atoms with Crippen LogP contribution in [0.4, 0.5) is 11.4 Å². The lowest BCUT2D eigenvalue weighted by molar-refractivity contribution is 0.342. The van der Waals surface area contributed by atoms with Gasteiger partial charge in [0.25, 0.3) is 10.0 Å². The molecule has 2 N–H and O–H groups in total. The average molecular weight is 332 g/mol. The van der Waals surface area contributed by atoms with Crippen molar-refractivity contribution in [2.75, 3.05) is 16.6 Å². The molecule has 0 bridgehead atoms. The Labute approximate surface area is 136 Å². The highest BCUT2D eigenvalue weighted by Gasteiger charge is 2.22. The summed E-state index contributed by atoms with van der Waals surface area (Å²) in [5.41, 5.74) is 2.48. The lowest BCUT2D eigenvalue weighted by Gasteiger charge is -2.13. The summed E-state index contributed by atoms with van der Waals surface area (Å²) in [6.45, 7) is 4.41. The highest BCUT2D eigenvalue weighted by molar-refractivity contribution is 7.92. The number of fused-ring (bicyclic) bond motifs is 1. The van der Waals surface area contributed by atoms with Crippen LogP contribution in [-0.4, -0.2) is 21.1 Å². The van der Waals surface area contributed by atoms with E-state index < -0.39 is 10.0 Å². The second kappa shape index (κ2) is 6.12. The quantitative estimate of drug-likeness (QED) is 0.882. The summed E-state index contributed by atoms with van der Waals surface area (Å²) in [4.78, 5) is 0.262. The Morgan fingerprint density at radius 3 is 2.83 bits per heavy atom. The molecular weight excluding hydrogens is 312 g/mol. The fourth-order valence-electron chi connectivity index (χ4n) is 2.73. The molecule has 6 heteroatoms. The molecule has 23 heavy (non-hydrogen) atoms. The summed E-state index contributed by atoms with van der Waals surface area (Å²) in [6, 6.07) is 12.5. The van der Waals surface area contributed by atoms with Crippen LogP contribution in [0.1, 0.15) is 19.4 Å². The fourth-order valence-corrected chi connectivity index (χ4v) is 3.85. The van der Waals surface area contributed by atoms with Crippen LogP contribution < -0.4 is 14.8 Å². The van der Waals surface area contributed by atoms with Crippen molar-refractivity contribution in [2.45, 2.75) is 31.2 Å². The summed E-state index contributed by atoms with van der Waals surface area (Å²) in [5.74, 6) is 0.523. The van der Waals surface area contributed by atoms with Crippen LogP contribution in [0.15, 0.2) is 47.4 Å². The number of para-hydroxylation sites is 2. The predicted molar refractivity (Wildman–Crippen MR) is 91.7 cm³/mol. The Bertz CT molecular complexity index is 818. The Hall–Kier alpha value is -2.21. The maximum absolute atomic E-state index is 12.7. The van der Waals surface area contributed by atoms with Crippen molar-refractivity contribution < 1.29 is 13.2 Å². The fraction of sp³-hybridized carbons (Fsp3) is 0.294. The molecule has 0 spiro atoms. The minimum Gasteiger partial charge on any atom is -0.492 e. The van der Waals surface area contributed by atoms with Gasteiger partial charge in [0.05, 0.1) is 17.2 Å². The molecule has 1 aliphatic heterocycles. The summed E-state index contributed by atoms with van der Waals surface area (Å²) in [6.07, 6.45) is 0.828. The molecule has 0 radical (unpaired) electrons. The number of hydrogen-bond donors (Lipinski definition) is 2. The highest BCUT2D eigenvalue weighted by Crippen LogP contribution is 2.30. The minimum atomic E-state index is -3.65. The summed E-state index contributed by atoms with van der Waals surface area (Å²) in [5, 5.41) is 3.32. The van der Waals surface area contributed by atoms with Gasteiger partial charge < -0.3 is 10.1 Å². The molecule has 2 aromatic rings. The van der Waals surface area contributed by atoms with Crippen LogP contribution in [0, 0.1) is 0 Å². The van der Waals surface area contributed by atoms with E-state index in [4.69, 9.17) is 4.74 Å². The Balaban J connectivity index is 1.90. The maximum atomic E-state index is 12.7. The first-order chi connectivity index (χ1) is 11.0. The molecule has 0 amide bonds. The van der Waals surface area contributed by atoms with Crippen LogP contribution >= 0.6 is 0 Å². The zero-order valence-corrected chi connectivity index (χ0v) is 14.0. The van der Waals surface area contributed by atoms with E-state index in [1.807, 2.05) is 19.1 Å². The smallest absolute Gasteiger partial charge is 0.262 e. The third-order valence-corrected chi connectivity index (χ3v) is 5.11. The van der Waals surface area contributed by atoms with Crippen LogP contribution in [0.3, 0.4) is 0 Å². The van der Waals surface area contributed by atoms with Crippen molar-refractivity contribution in [3.05, 3.63) is 48.0 Å². The van der Waals surface area contributed by atoms with E-state index in [2.05, 4.69) is 17.0 Å².